The molecule has 0 saturated carbocycles. The molecule has 1 unspecified atom stereocenters. The Labute approximate surface area is 105 Å². The summed E-state index contributed by atoms with van der Waals surface area (Å²) in [6, 6.07) is 5.21. The van der Waals surface area contributed by atoms with Gasteiger partial charge in [0.2, 0.25) is 5.91 Å². The van der Waals surface area contributed by atoms with Crippen molar-refractivity contribution in [2.75, 3.05) is 19.1 Å². The molecule has 96 valence electrons. The lowest BCUT2D eigenvalue weighted by Crippen LogP contribution is -2.32. The maximum absolute atomic E-state index is 11.6. The summed E-state index contributed by atoms with van der Waals surface area (Å²) in [5, 5.41) is 9.92. The largest absolute Gasteiger partial charge is 0.467 e. The monoisotopic (exact) mass is 249 g/mol. The van der Waals surface area contributed by atoms with Crippen molar-refractivity contribution >= 4 is 17.6 Å². The summed E-state index contributed by atoms with van der Waals surface area (Å²) in [7, 11) is 2.92. The number of rotatable bonds is 2. The number of nitrogens with zero attached hydrogens (tertiary/aromatic N) is 1. The molecule has 1 aromatic carbocycles. The van der Waals surface area contributed by atoms with Gasteiger partial charge in [0.25, 0.3) is 0 Å². The third kappa shape index (κ3) is 1.97. The first kappa shape index (κ1) is 12.6. The van der Waals surface area contributed by atoms with E-state index in [1.54, 1.807) is 30.1 Å². The highest BCUT2D eigenvalue weighted by atomic mass is 16.5. The van der Waals surface area contributed by atoms with Gasteiger partial charge in [0.15, 0.2) is 6.10 Å². The van der Waals surface area contributed by atoms with Crippen molar-refractivity contribution in [2.45, 2.75) is 18.9 Å². The molecule has 1 aliphatic heterocycles. The van der Waals surface area contributed by atoms with Crippen molar-refractivity contribution < 1.29 is 19.4 Å². The lowest BCUT2D eigenvalue weighted by Gasteiger charge is -2.28. The standard InChI is InChI=1S/C13H15NO4/c1-14-10-5-3-4-9(12(16)13(17)18-2)8(10)6-7-11(14)15/h3-5,12,16H,6-7H2,1-2H3. The molecular weight excluding hydrogens is 234 g/mol. The van der Waals surface area contributed by atoms with Crippen molar-refractivity contribution in [3.8, 4) is 0 Å². The molecule has 0 aliphatic carbocycles. The van der Waals surface area contributed by atoms with E-state index in [4.69, 9.17) is 0 Å². The minimum Gasteiger partial charge on any atom is -0.467 e. The van der Waals surface area contributed by atoms with Crippen molar-refractivity contribution in [1.82, 2.24) is 0 Å². The van der Waals surface area contributed by atoms with Crippen LogP contribution < -0.4 is 4.90 Å². The van der Waals surface area contributed by atoms with Gasteiger partial charge in [-0.3, -0.25) is 4.79 Å². The van der Waals surface area contributed by atoms with Crippen molar-refractivity contribution in [1.29, 1.82) is 0 Å². The Morgan fingerprint density at radius 3 is 2.83 bits per heavy atom. The second-order valence-corrected chi connectivity index (χ2v) is 4.22. The number of carbonyl (C=O) groups is 2. The van der Waals surface area contributed by atoms with Gasteiger partial charge in [0.05, 0.1) is 7.11 Å². The summed E-state index contributed by atoms with van der Waals surface area (Å²) in [5.74, 6) is -0.657. The predicted molar refractivity (Wildman–Crippen MR) is 65.1 cm³/mol. The highest BCUT2D eigenvalue weighted by Crippen LogP contribution is 2.32. The number of hydrogen-bond acceptors (Lipinski definition) is 4. The normalized spacial score (nSPS) is 16.2. The molecule has 2 rings (SSSR count). The van der Waals surface area contributed by atoms with Crippen LogP contribution in [-0.2, 0) is 20.7 Å². The fourth-order valence-corrected chi connectivity index (χ4v) is 2.21. The zero-order valence-corrected chi connectivity index (χ0v) is 10.3. The smallest absolute Gasteiger partial charge is 0.339 e. The summed E-state index contributed by atoms with van der Waals surface area (Å²) < 4.78 is 4.54. The zero-order chi connectivity index (χ0) is 13.3. The van der Waals surface area contributed by atoms with Crippen LogP contribution in [0.4, 0.5) is 5.69 Å². The first-order chi connectivity index (χ1) is 8.56. The number of aliphatic hydroxyl groups excluding tert-OH is 1. The van der Waals surface area contributed by atoms with Crippen LogP contribution >= 0.6 is 0 Å². The van der Waals surface area contributed by atoms with E-state index in [0.29, 0.717) is 18.4 Å². The Hall–Kier alpha value is -1.88. The second-order valence-electron chi connectivity index (χ2n) is 4.22. The molecule has 1 N–H and O–H groups in total. The van der Waals surface area contributed by atoms with E-state index in [9.17, 15) is 14.7 Å². The molecule has 18 heavy (non-hydrogen) atoms. The third-order valence-corrected chi connectivity index (χ3v) is 3.23. The van der Waals surface area contributed by atoms with E-state index < -0.39 is 12.1 Å². The fourth-order valence-electron chi connectivity index (χ4n) is 2.21. The number of aliphatic hydroxyl groups is 1. The van der Waals surface area contributed by atoms with E-state index in [1.165, 1.54) is 7.11 Å². The zero-order valence-electron chi connectivity index (χ0n) is 10.3. The summed E-state index contributed by atoms with van der Waals surface area (Å²) >= 11 is 0. The first-order valence-electron chi connectivity index (χ1n) is 5.70. The second kappa shape index (κ2) is 4.78. The molecule has 0 aromatic heterocycles. The third-order valence-electron chi connectivity index (χ3n) is 3.23. The van der Waals surface area contributed by atoms with E-state index >= 15 is 0 Å². The molecule has 1 atom stereocenters. The maximum Gasteiger partial charge on any atom is 0.339 e. The molecule has 1 aromatic rings. The maximum atomic E-state index is 11.6. The van der Waals surface area contributed by atoms with Crippen LogP contribution in [0.15, 0.2) is 18.2 Å². The first-order valence-corrected chi connectivity index (χ1v) is 5.70. The molecule has 0 radical (unpaired) electrons. The predicted octanol–water partition coefficient (Wildman–Crippen LogP) is 0.802. The van der Waals surface area contributed by atoms with E-state index in [1.807, 2.05) is 0 Å². The molecule has 0 fully saturated rings. The Morgan fingerprint density at radius 1 is 1.44 bits per heavy atom. The van der Waals surface area contributed by atoms with Gasteiger partial charge in [-0.05, 0) is 23.6 Å². The number of anilines is 1. The highest BCUT2D eigenvalue weighted by molar-refractivity contribution is 5.96. The van der Waals surface area contributed by atoms with Gasteiger partial charge in [-0.25, -0.2) is 4.79 Å². The molecule has 0 bridgehead atoms. The number of ether oxygens (including phenoxy) is 1. The van der Waals surface area contributed by atoms with Gasteiger partial charge in [-0.15, -0.1) is 0 Å². The molecule has 1 heterocycles. The molecule has 1 amide bonds. The molecule has 0 saturated heterocycles. The molecular formula is C13H15NO4. The van der Waals surface area contributed by atoms with Crippen LogP contribution in [0, 0.1) is 0 Å². The minimum atomic E-state index is -1.30. The Bertz CT molecular complexity index is 498. The number of amides is 1. The number of methoxy groups -OCH3 is 1. The lowest BCUT2D eigenvalue weighted by atomic mass is 9.93. The fraction of sp³-hybridized carbons (Fsp3) is 0.385. The average molecular weight is 249 g/mol. The average Bonchev–Trinajstić information content (AvgIpc) is 2.40. The van der Waals surface area contributed by atoms with E-state index in [0.717, 1.165) is 11.3 Å². The summed E-state index contributed by atoms with van der Waals surface area (Å²) in [6.45, 7) is 0. The number of carbonyl (C=O) groups excluding carboxylic acids is 2. The number of hydrogen-bond donors (Lipinski definition) is 1. The summed E-state index contributed by atoms with van der Waals surface area (Å²) in [4.78, 5) is 24.5. The van der Waals surface area contributed by atoms with Gasteiger partial charge < -0.3 is 14.7 Å². The number of esters is 1. The SMILES string of the molecule is COC(=O)C(O)c1cccc2c1CCC(=O)N2C. The molecule has 5 nitrogen and oxygen atoms in total. The molecule has 5 heteroatoms. The summed E-state index contributed by atoms with van der Waals surface area (Å²) in [5.41, 5.74) is 2.09. The van der Waals surface area contributed by atoms with Gasteiger partial charge in [0, 0.05) is 19.2 Å². The van der Waals surface area contributed by atoms with E-state index in [-0.39, 0.29) is 5.91 Å². The van der Waals surface area contributed by atoms with Crippen molar-refractivity contribution in [2.24, 2.45) is 0 Å². The van der Waals surface area contributed by atoms with Gasteiger partial charge in [0.1, 0.15) is 0 Å². The number of benzene rings is 1. The Kier molecular flexibility index (Phi) is 3.34. The molecule has 0 spiro atoms. The van der Waals surface area contributed by atoms with Gasteiger partial charge in [-0.2, -0.15) is 0 Å². The van der Waals surface area contributed by atoms with Crippen LogP contribution in [0.1, 0.15) is 23.7 Å². The number of fused-ring (bicyclic) bond motifs is 1. The minimum absolute atomic E-state index is 0.0345. The molecule has 1 aliphatic rings. The van der Waals surface area contributed by atoms with Gasteiger partial charge in [-0.1, -0.05) is 12.1 Å². The van der Waals surface area contributed by atoms with Crippen LogP contribution in [-0.4, -0.2) is 31.1 Å². The Morgan fingerprint density at radius 2 is 2.17 bits per heavy atom. The lowest BCUT2D eigenvalue weighted by molar-refractivity contribution is -0.150. The highest BCUT2D eigenvalue weighted by Gasteiger charge is 2.27. The summed E-state index contributed by atoms with van der Waals surface area (Å²) in [6.07, 6.45) is -0.386. The quantitative estimate of drug-likeness (QED) is 0.787. The van der Waals surface area contributed by atoms with Crippen LogP contribution in [0.2, 0.25) is 0 Å². The Balaban J connectivity index is 2.46. The van der Waals surface area contributed by atoms with Gasteiger partial charge >= 0.3 is 5.97 Å². The van der Waals surface area contributed by atoms with Crippen LogP contribution in [0.5, 0.6) is 0 Å². The van der Waals surface area contributed by atoms with Crippen molar-refractivity contribution in [3.05, 3.63) is 29.3 Å². The van der Waals surface area contributed by atoms with Crippen LogP contribution in [0.25, 0.3) is 0 Å². The van der Waals surface area contributed by atoms with E-state index in [2.05, 4.69) is 4.74 Å². The topological polar surface area (TPSA) is 66.8 Å². The van der Waals surface area contributed by atoms with Crippen molar-refractivity contribution in [3.63, 3.8) is 0 Å². The van der Waals surface area contributed by atoms with Crippen LogP contribution in [0.3, 0.4) is 0 Å².